The Morgan fingerprint density at radius 1 is 0.700 bits per heavy atom. The fourth-order valence-electron chi connectivity index (χ4n) is 0. The second kappa shape index (κ2) is 87.4. The summed E-state index contributed by atoms with van der Waals surface area (Å²) in [5.41, 5.74) is 0. The zero-order chi connectivity index (χ0) is 8.12. The van der Waals surface area contributed by atoms with Crippen molar-refractivity contribution in [2.24, 2.45) is 0 Å². The third-order valence-electron chi connectivity index (χ3n) is 0. The average Bonchev–Trinajstić information content (AvgIpc) is 1.70. The van der Waals surface area contributed by atoms with E-state index in [-0.39, 0.29) is 22.4 Å². The Bertz CT molecular complexity index is 106. The van der Waals surface area contributed by atoms with E-state index in [1.54, 1.807) is 18.2 Å². The average molecular weight is 231 g/mol. The van der Waals surface area contributed by atoms with E-state index in [0.717, 1.165) is 0 Å². The number of hydrogen-bond donors (Lipinski definition) is 0. The maximum Gasteiger partial charge on any atom is 1.00 e. The molecule has 0 aliphatic rings. The van der Waals surface area contributed by atoms with Gasteiger partial charge in [0.05, 0.1) is 18.2 Å². The Morgan fingerprint density at radius 3 is 0.700 bits per heavy atom. The summed E-state index contributed by atoms with van der Waals surface area (Å²) in [7, 11) is 0. The normalized spacial score (nSPS) is 2.40. The second-order valence-corrected chi connectivity index (χ2v) is 0.671. The van der Waals surface area contributed by atoms with Crippen molar-refractivity contribution in [2.45, 2.75) is 20.8 Å². The van der Waals surface area contributed by atoms with Crippen molar-refractivity contribution in [2.75, 3.05) is 0 Å². The minimum atomic E-state index is 0. The van der Waals surface area contributed by atoms with E-state index in [2.05, 4.69) is 0 Å². The number of nitrogens with zero attached hydrogens (tertiary/aromatic N) is 3. The number of rotatable bonds is 0. The first-order valence-electron chi connectivity index (χ1n) is 2.17. The summed E-state index contributed by atoms with van der Waals surface area (Å²) in [4.78, 5) is 0. The van der Waals surface area contributed by atoms with Crippen molar-refractivity contribution in [3.05, 3.63) is 0 Å². The topological polar surface area (TPSA) is 71.4 Å². The van der Waals surface area contributed by atoms with Crippen LogP contribution in [0, 0.1) is 34.0 Å². The Morgan fingerprint density at radius 2 is 0.700 bits per heavy atom. The molecule has 0 N–H and O–H groups in total. The van der Waals surface area contributed by atoms with Gasteiger partial charge in [-0.15, -0.1) is 0 Å². The Hall–Kier alpha value is -0.790. The molecule has 0 amide bonds. The van der Waals surface area contributed by atoms with E-state index in [0.29, 0.717) is 0 Å². The van der Waals surface area contributed by atoms with Crippen molar-refractivity contribution < 1.29 is 22.4 Å². The van der Waals surface area contributed by atoms with Gasteiger partial charge in [0.1, 0.15) is 0 Å². The van der Waals surface area contributed by atoms with Gasteiger partial charge in [-0.05, 0) is 0 Å². The first-order valence-corrected chi connectivity index (χ1v) is 2.17. The molecule has 0 aliphatic heterocycles. The molecule has 0 bridgehead atoms. The first-order chi connectivity index (χ1) is 4.24. The van der Waals surface area contributed by atoms with Crippen LogP contribution in [0.1, 0.15) is 20.8 Å². The van der Waals surface area contributed by atoms with Gasteiger partial charge in [-0.2, -0.15) is 15.8 Å². The third kappa shape index (κ3) is 446. The summed E-state index contributed by atoms with van der Waals surface area (Å²) in [5, 5.41) is 22.0. The molecule has 0 radical (unpaired) electrons. The van der Waals surface area contributed by atoms with Crippen LogP contribution in [0.25, 0.3) is 0 Å². The van der Waals surface area contributed by atoms with Crippen LogP contribution in [0.4, 0.5) is 0 Å². The zero-order valence-electron chi connectivity index (χ0n) is 6.14. The summed E-state index contributed by atoms with van der Waals surface area (Å²) in [6.07, 6.45) is 0. The molecule has 3 nitrogen and oxygen atoms in total. The minimum Gasteiger partial charge on any atom is -0.199 e. The number of nitriles is 3. The van der Waals surface area contributed by atoms with Crippen LogP contribution in [0.2, 0.25) is 0 Å². The van der Waals surface area contributed by atoms with E-state index in [4.69, 9.17) is 15.8 Å². The molecule has 0 aliphatic carbocycles. The van der Waals surface area contributed by atoms with Gasteiger partial charge in [0.2, 0.25) is 0 Å². The molecule has 0 heterocycles. The monoisotopic (exact) mass is 230 g/mol. The van der Waals surface area contributed by atoms with Crippen LogP contribution in [-0.2, 0) is 22.4 Å². The van der Waals surface area contributed by atoms with Crippen LogP contribution in [0.5, 0.6) is 0 Å². The van der Waals surface area contributed by atoms with Crippen molar-refractivity contribution in [1.82, 2.24) is 0 Å². The Labute approximate surface area is 77.4 Å². The molecular formula is C6H9AgN3+. The quantitative estimate of drug-likeness (QED) is 0.594. The third-order valence-corrected chi connectivity index (χ3v) is 0. The molecule has 0 aromatic heterocycles. The molecular weight excluding hydrogens is 222 g/mol. The maximum atomic E-state index is 7.32. The molecule has 0 rings (SSSR count). The molecule has 0 fully saturated rings. The molecule has 4 heteroatoms. The largest absolute Gasteiger partial charge is 1.00 e. The molecule has 0 spiro atoms. The smallest absolute Gasteiger partial charge is 0.199 e. The zero-order valence-corrected chi connectivity index (χ0v) is 7.63. The van der Waals surface area contributed by atoms with Crippen LogP contribution < -0.4 is 0 Å². The second-order valence-electron chi connectivity index (χ2n) is 0.671. The van der Waals surface area contributed by atoms with Crippen molar-refractivity contribution in [1.29, 1.82) is 15.8 Å². The van der Waals surface area contributed by atoms with Gasteiger partial charge < -0.3 is 0 Å². The van der Waals surface area contributed by atoms with E-state index in [1.807, 2.05) is 0 Å². The molecule has 0 aromatic carbocycles. The van der Waals surface area contributed by atoms with Crippen LogP contribution >= 0.6 is 0 Å². The van der Waals surface area contributed by atoms with Crippen LogP contribution in [0.3, 0.4) is 0 Å². The molecule has 0 aromatic rings. The van der Waals surface area contributed by atoms with E-state index < -0.39 is 0 Å². The van der Waals surface area contributed by atoms with Gasteiger partial charge in [-0.25, -0.2) is 0 Å². The van der Waals surface area contributed by atoms with Gasteiger partial charge >= 0.3 is 22.4 Å². The molecule has 10 heavy (non-hydrogen) atoms. The first kappa shape index (κ1) is 22.9. The Balaban J connectivity index is -0.0000000257. The van der Waals surface area contributed by atoms with E-state index in [1.165, 1.54) is 20.8 Å². The molecule has 0 atom stereocenters. The molecule has 0 unspecified atom stereocenters. The van der Waals surface area contributed by atoms with Gasteiger partial charge in [0.25, 0.3) is 0 Å². The fourth-order valence-corrected chi connectivity index (χ4v) is 0. The van der Waals surface area contributed by atoms with Crippen molar-refractivity contribution in [3.63, 3.8) is 0 Å². The van der Waals surface area contributed by atoms with Gasteiger partial charge in [0.15, 0.2) is 0 Å². The molecule has 58 valence electrons. The predicted molar refractivity (Wildman–Crippen MR) is 33.9 cm³/mol. The fraction of sp³-hybridized carbons (Fsp3) is 0.500. The summed E-state index contributed by atoms with van der Waals surface area (Å²) in [5.74, 6) is 0. The summed E-state index contributed by atoms with van der Waals surface area (Å²) in [6.45, 7) is 4.29. The van der Waals surface area contributed by atoms with Crippen LogP contribution in [-0.4, -0.2) is 0 Å². The molecule has 0 saturated heterocycles. The number of hydrogen-bond acceptors (Lipinski definition) is 3. The molecule has 0 saturated carbocycles. The Kier molecular flexibility index (Phi) is 200. The maximum absolute atomic E-state index is 7.32. The van der Waals surface area contributed by atoms with Crippen LogP contribution in [0.15, 0.2) is 0 Å². The minimum absolute atomic E-state index is 0. The summed E-state index contributed by atoms with van der Waals surface area (Å²) in [6, 6.07) is 5.25. The van der Waals surface area contributed by atoms with Gasteiger partial charge in [-0.1, -0.05) is 0 Å². The van der Waals surface area contributed by atoms with Gasteiger partial charge in [-0.3, -0.25) is 0 Å². The SMILES string of the molecule is CC#N.CC#N.CC#N.[Ag+]. The van der Waals surface area contributed by atoms with Crippen molar-refractivity contribution >= 4 is 0 Å². The van der Waals surface area contributed by atoms with Crippen molar-refractivity contribution in [3.8, 4) is 18.2 Å². The van der Waals surface area contributed by atoms with E-state index >= 15 is 0 Å². The predicted octanol–water partition coefficient (Wildman–Crippen LogP) is 1.59. The summed E-state index contributed by atoms with van der Waals surface area (Å²) < 4.78 is 0. The van der Waals surface area contributed by atoms with Gasteiger partial charge in [0, 0.05) is 20.8 Å². The summed E-state index contributed by atoms with van der Waals surface area (Å²) >= 11 is 0. The standard InChI is InChI=1S/3C2H3N.Ag/c3*1-2-3;/h3*1H3;/q;;;+1. The van der Waals surface area contributed by atoms with E-state index in [9.17, 15) is 0 Å².